The fourth-order valence-corrected chi connectivity index (χ4v) is 1.18. The Morgan fingerprint density at radius 2 is 2.50 bits per heavy atom. The number of carbonyl (C=O) groups is 1. The molecule has 1 aliphatic rings. The van der Waals surface area contributed by atoms with E-state index in [2.05, 4.69) is 5.32 Å². The summed E-state index contributed by atoms with van der Waals surface area (Å²) in [5.41, 5.74) is 0. The van der Waals surface area contributed by atoms with E-state index in [9.17, 15) is 4.79 Å². The van der Waals surface area contributed by atoms with Crippen molar-refractivity contribution in [3.05, 3.63) is 0 Å². The van der Waals surface area contributed by atoms with E-state index in [0.717, 1.165) is 6.42 Å². The van der Waals surface area contributed by atoms with Crippen LogP contribution < -0.4 is 5.32 Å². The number of rotatable bonds is 4. The van der Waals surface area contributed by atoms with Crippen molar-refractivity contribution in [1.82, 2.24) is 5.32 Å². The summed E-state index contributed by atoms with van der Waals surface area (Å²) in [6, 6.07) is 0. The van der Waals surface area contributed by atoms with Gasteiger partial charge < -0.3 is 15.2 Å². The average molecular weight is 173 g/mol. The molecule has 1 amide bonds. The van der Waals surface area contributed by atoms with Crippen LogP contribution in [0.1, 0.15) is 12.8 Å². The molecule has 1 aliphatic heterocycles. The summed E-state index contributed by atoms with van der Waals surface area (Å²) < 4.78 is 5.07. The molecule has 0 aromatic heterocycles. The number of aliphatic hydroxyl groups is 1. The van der Waals surface area contributed by atoms with Crippen LogP contribution in [-0.2, 0) is 9.53 Å². The number of nitrogens with one attached hydrogen (secondary N) is 1. The van der Waals surface area contributed by atoms with Crippen molar-refractivity contribution >= 4 is 5.91 Å². The number of carbonyl (C=O) groups excluding carboxylic acids is 1. The second-order valence-electron chi connectivity index (χ2n) is 2.93. The maximum Gasteiger partial charge on any atom is 0.225 e. The van der Waals surface area contributed by atoms with Crippen LogP contribution in [0.25, 0.3) is 0 Å². The lowest BCUT2D eigenvalue weighted by atomic mass is 10.1. The zero-order valence-electron chi connectivity index (χ0n) is 7.08. The molecule has 0 bridgehead atoms. The number of hydrogen-bond donors (Lipinski definition) is 2. The Morgan fingerprint density at radius 3 is 3.08 bits per heavy atom. The molecule has 1 rings (SSSR count). The molecule has 4 heteroatoms. The molecule has 2 N–H and O–H groups in total. The normalized spacial score (nSPS) is 22.6. The van der Waals surface area contributed by atoms with Crippen LogP contribution in [0.4, 0.5) is 0 Å². The number of aliphatic hydroxyl groups excluding tert-OH is 1. The Hall–Kier alpha value is -0.610. The first-order chi connectivity index (χ1) is 5.84. The van der Waals surface area contributed by atoms with E-state index in [0.29, 0.717) is 26.2 Å². The molecule has 1 heterocycles. The topological polar surface area (TPSA) is 58.6 Å². The zero-order valence-corrected chi connectivity index (χ0v) is 7.08. The first-order valence-corrected chi connectivity index (χ1v) is 4.31. The highest BCUT2D eigenvalue weighted by Crippen LogP contribution is 2.11. The summed E-state index contributed by atoms with van der Waals surface area (Å²) in [5.74, 6) is 0.0876. The fraction of sp³-hybridized carbons (Fsp3) is 0.875. The Bertz CT molecular complexity index is 143. The number of hydrogen-bond acceptors (Lipinski definition) is 3. The minimum absolute atomic E-state index is 0.0312. The maximum atomic E-state index is 11.2. The van der Waals surface area contributed by atoms with Crippen LogP contribution in [0.3, 0.4) is 0 Å². The predicted octanol–water partition coefficient (Wildman–Crippen LogP) is -0.479. The zero-order chi connectivity index (χ0) is 8.81. The van der Waals surface area contributed by atoms with Gasteiger partial charge in [0.1, 0.15) is 0 Å². The van der Waals surface area contributed by atoms with Crippen LogP contribution in [-0.4, -0.2) is 37.4 Å². The van der Waals surface area contributed by atoms with E-state index in [1.54, 1.807) is 0 Å². The summed E-state index contributed by atoms with van der Waals surface area (Å²) in [7, 11) is 0. The van der Waals surface area contributed by atoms with Gasteiger partial charge in [-0.25, -0.2) is 0 Å². The minimum atomic E-state index is 0.0312. The van der Waals surface area contributed by atoms with Gasteiger partial charge in [-0.1, -0.05) is 0 Å². The van der Waals surface area contributed by atoms with Gasteiger partial charge in [-0.15, -0.1) is 0 Å². The lowest BCUT2D eigenvalue weighted by Crippen LogP contribution is -2.31. The Kier molecular flexibility index (Phi) is 4.04. The Balaban J connectivity index is 2.10. The molecule has 1 saturated heterocycles. The van der Waals surface area contributed by atoms with Crippen molar-refractivity contribution in [2.75, 3.05) is 26.4 Å². The van der Waals surface area contributed by atoms with Crippen LogP contribution in [0.5, 0.6) is 0 Å². The second-order valence-corrected chi connectivity index (χ2v) is 2.93. The monoisotopic (exact) mass is 173 g/mol. The van der Waals surface area contributed by atoms with Crippen LogP contribution in [0.2, 0.25) is 0 Å². The van der Waals surface area contributed by atoms with Crippen molar-refractivity contribution < 1.29 is 14.6 Å². The van der Waals surface area contributed by atoms with Crippen LogP contribution in [0.15, 0.2) is 0 Å². The summed E-state index contributed by atoms with van der Waals surface area (Å²) in [5, 5.41) is 11.2. The Morgan fingerprint density at radius 1 is 1.67 bits per heavy atom. The second kappa shape index (κ2) is 5.11. The van der Waals surface area contributed by atoms with Gasteiger partial charge in [-0.3, -0.25) is 4.79 Å². The molecule has 0 spiro atoms. The summed E-state index contributed by atoms with van der Waals surface area (Å²) >= 11 is 0. The minimum Gasteiger partial charge on any atom is -0.396 e. The predicted molar refractivity (Wildman–Crippen MR) is 43.6 cm³/mol. The van der Waals surface area contributed by atoms with Gasteiger partial charge in [0.25, 0.3) is 0 Å². The highest BCUT2D eigenvalue weighted by Gasteiger charge is 2.22. The molecule has 0 radical (unpaired) electrons. The van der Waals surface area contributed by atoms with Crippen molar-refractivity contribution in [1.29, 1.82) is 0 Å². The molecule has 1 unspecified atom stereocenters. The standard InChI is InChI=1S/C8H15NO3/c10-4-1-3-9-8(11)7-2-5-12-6-7/h7,10H,1-6H2,(H,9,11). The lowest BCUT2D eigenvalue weighted by Gasteiger charge is -2.07. The van der Waals surface area contributed by atoms with E-state index < -0.39 is 0 Å². The largest absolute Gasteiger partial charge is 0.396 e. The van der Waals surface area contributed by atoms with Gasteiger partial charge in [0.05, 0.1) is 12.5 Å². The van der Waals surface area contributed by atoms with E-state index in [4.69, 9.17) is 9.84 Å². The Labute approximate surface area is 71.9 Å². The molecule has 1 fully saturated rings. The van der Waals surface area contributed by atoms with Crippen molar-refractivity contribution in [2.45, 2.75) is 12.8 Å². The van der Waals surface area contributed by atoms with Crippen LogP contribution >= 0.6 is 0 Å². The fourth-order valence-electron chi connectivity index (χ4n) is 1.18. The molecule has 0 aromatic rings. The highest BCUT2D eigenvalue weighted by molar-refractivity contribution is 5.78. The first-order valence-electron chi connectivity index (χ1n) is 4.31. The summed E-state index contributed by atoms with van der Waals surface area (Å²) in [6.07, 6.45) is 1.45. The summed E-state index contributed by atoms with van der Waals surface area (Å²) in [4.78, 5) is 11.2. The van der Waals surface area contributed by atoms with E-state index in [1.807, 2.05) is 0 Å². The summed E-state index contributed by atoms with van der Waals surface area (Å²) in [6.45, 7) is 1.93. The van der Waals surface area contributed by atoms with Crippen molar-refractivity contribution in [3.8, 4) is 0 Å². The molecule has 0 aliphatic carbocycles. The van der Waals surface area contributed by atoms with Gasteiger partial charge in [-0.05, 0) is 12.8 Å². The van der Waals surface area contributed by atoms with Gasteiger partial charge in [-0.2, -0.15) is 0 Å². The molecule has 0 saturated carbocycles. The smallest absolute Gasteiger partial charge is 0.225 e. The van der Waals surface area contributed by atoms with Crippen LogP contribution in [0, 0.1) is 5.92 Å². The van der Waals surface area contributed by atoms with Crippen molar-refractivity contribution in [3.63, 3.8) is 0 Å². The SMILES string of the molecule is O=C(NCCCO)C1CCOC1. The van der Waals surface area contributed by atoms with E-state index in [1.165, 1.54) is 0 Å². The molecule has 4 nitrogen and oxygen atoms in total. The van der Waals surface area contributed by atoms with E-state index in [-0.39, 0.29) is 18.4 Å². The van der Waals surface area contributed by atoms with Gasteiger partial charge >= 0.3 is 0 Å². The lowest BCUT2D eigenvalue weighted by molar-refractivity contribution is -0.124. The van der Waals surface area contributed by atoms with Gasteiger partial charge in [0, 0.05) is 19.8 Å². The molecular weight excluding hydrogens is 158 g/mol. The van der Waals surface area contributed by atoms with Gasteiger partial charge in [0.2, 0.25) is 5.91 Å². The molecular formula is C8H15NO3. The average Bonchev–Trinajstić information content (AvgIpc) is 2.56. The number of amides is 1. The maximum absolute atomic E-state index is 11.2. The third-order valence-electron chi connectivity index (χ3n) is 1.93. The van der Waals surface area contributed by atoms with E-state index >= 15 is 0 Å². The number of ether oxygens (including phenoxy) is 1. The molecule has 12 heavy (non-hydrogen) atoms. The third kappa shape index (κ3) is 2.79. The molecule has 0 aromatic carbocycles. The van der Waals surface area contributed by atoms with Crippen molar-refractivity contribution in [2.24, 2.45) is 5.92 Å². The third-order valence-corrected chi connectivity index (χ3v) is 1.93. The highest BCUT2D eigenvalue weighted by atomic mass is 16.5. The quantitative estimate of drug-likeness (QED) is 0.565. The first kappa shape index (κ1) is 9.48. The molecule has 1 atom stereocenters. The molecule has 70 valence electrons. The van der Waals surface area contributed by atoms with Gasteiger partial charge in [0.15, 0.2) is 0 Å².